The van der Waals surface area contributed by atoms with Gasteiger partial charge in [-0.2, -0.15) is 40.9 Å². The molecule has 0 fully saturated rings. The fraction of sp³-hybridized carbons (Fsp3) is 0.182. The molecule has 12 aromatic carbocycles. The van der Waals surface area contributed by atoms with Gasteiger partial charge in [0.25, 0.3) is 0 Å². The number of azo groups is 4. The van der Waals surface area contributed by atoms with E-state index in [2.05, 4.69) is 40.9 Å². The summed E-state index contributed by atoms with van der Waals surface area (Å²) in [6, 6.07) is 71.4. The minimum Gasteiger partial charge on any atom is -0.508 e. The van der Waals surface area contributed by atoms with Crippen LogP contribution in [-0.4, -0.2) is 67.3 Å². The van der Waals surface area contributed by atoms with Crippen molar-refractivity contribution in [1.82, 2.24) is 0 Å². The SMILES string of the molecule is Oc1cc(O)c2c(CCCOc3ccc(N=Nc4ccccc4)cc3)c1Cc1c(O)cc(O)c(c1CCCOc1ccc(N=Nc3ccccc3)cc1)Cc1c(O)cc(O)c(c1CCCOc1ccc(N=Nc3ccccc3)cc1)Cc1c(O)cc(O)c(c1CCCOc1ccc(N=Nc3ccccc3)cc1)C2. The molecule has 108 heavy (non-hydrogen) atoms. The highest BCUT2D eigenvalue weighted by Crippen LogP contribution is 2.47. The van der Waals surface area contributed by atoms with Gasteiger partial charge in [0.15, 0.2) is 0 Å². The van der Waals surface area contributed by atoms with Crippen molar-refractivity contribution in [2.75, 3.05) is 26.4 Å². The van der Waals surface area contributed by atoms with E-state index >= 15 is 0 Å². The van der Waals surface area contributed by atoms with Gasteiger partial charge in [0.1, 0.15) is 69.0 Å². The zero-order valence-electron chi connectivity index (χ0n) is 59.2. The summed E-state index contributed by atoms with van der Waals surface area (Å²) < 4.78 is 25.4. The maximum atomic E-state index is 12.4. The molecule has 0 amide bonds. The van der Waals surface area contributed by atoms with Crippen LogP contribution in [0.2, 0.25) is 0 Å². The van der Waals surface area contributed by atoms with E-state index < -0.39 is 0 Å². The van der Waals surface area contributed by atoms with Crippen molar-refractivity contribution >= 4 is 45.5 Å². The third-order valence-electron chi connectivity index (χ3n) is 18.8. The summed E-state index contributed by atoms with van der Waals surface area (Å²) in [5.41, 5.74) is 10.1. The summed E-state index contributed by atoms with van der Waals surface area (Å²) in [6.07, 6.45) is 1.63. The van der Waals surface area contributed by atoms with E-state index in [1.54, 1.807) is 97.1 Å². The molecule has 20 nitrogen and oxygen atoms in total. The Morgan fingerprint density at radius 1 is 0.204 bits per heavy atom. The van der Waals surface area contributed by atoms with Crippen LogP contribution >= 0.6 is 0 Å². The van der Waals surface area contributed by atoms with Gasteiger partial charge in [-0.05, 0) is 219 Å². The molecular formula is C88H80N8O12. The van der Waals surface area contributed by atoms with E-state index in [0.29, 0.717) is 161 Å². The third kappa shape index (κ3) is 18.9. The first kappa shape index (κ1) is 73.0. The van der Waals surface area contributed by atoms with E-state index in [1.165, 1.54) is 24.3 Å². The molecule has 0 unspecified atom stereocenters. The van der Waals surface area contributed by atoms with Gasteiger partial charge in [-0.25, -0.2) is 0 Å². The average molecular weight is 1440 g/mol. The third-order valence-corrected chi connectivity index (χ3v) is 18.8. The van der Waals surface area contributed by atoms with Crippen LogP contribution in [0.4, 0.5) is 45.5 Å². The first-order valence-electron chi connectivity index (χ1n) is 35.8. The van der Waals surface area contributed by atoms with Crippen molar-refractivity contribution in [2.24, 2.45) is 40.9 Å². The lowest BCUT2D eigenvalue weighted by molar-refractivity contribution is 0.310. The summed E-state index contributed by atoms with van der Waals surface area (Å²) in [5.74, 6) is 0.0197. The van der Waals surface area contributed by atoms with Crippen LogP contribution in [0.5, 0.6) is 69.0 Å². The quantitative estimate of drug-likeness (QED) is 0.0168. The maximum absolute atomic E-state index is 12.4. The summed E-state index contributed by atoms with van der Waals surface area (Å²) in [7, 11) is 0. The molecule has 0 radical (unpaired) electrons. The van der Waals surface area contributed by atoms with Crippen molar-refractivity contribution in [1.29, 1.82) is 0 Å². The number of benzene rings is 12. The zero-order chi connectivity index (χ0) is 74.6. The fourth-order valence-corrected chi connectivity index (χ4v) is 13.3. The van der Waals surface area contributed by atoms with Crippen LogP contribution in [0, 0.1) is 0 Å². The molecule has 0 atom stereocenters. The van der Waals surface area contributed by atoms with Gasteiger partial charge in [-0.3, -0.25) is 0 Å². The standard InChI is InChI=1S/C88H80N8O12/c97-81-53-82(98)74-50-76-71(27-15-47-107-67-41-33-63(34-42-67)95-91-59-21-9-3-10-22-59)78(86(102)55-84(76)100)52-80-72(28-16-48-108-68-43-35-64(36-44-68)96-92-60-23-11-4-12-24-60)79(87(103)56-88(80)104)51-77-70(26-14-46-106-66-39-31-62(32-40-66)94-90-58-19-7-2-8-20-58)75(83(99)54-85(77)101)49-73(81)69(74)25-13-45-105-65-37-29-61(30-38-65)93-89-57-17-5-1-6-18-57/h1-12,17-24,29-44,53-56,97-104H,13-16,25-28,45-52H2. The predicted molar refractivity (Wildman–Crippen MR) is 414 cm³/mol. The first-order valence-corrected chi connectivity index (χ1v) is 35.8. The van der Waals surface area contributed by atoms with Crippen LogP contribution in [-0.2, 0) is 51.4 Å². The summed E-state index contributed by atoms with van der Waals surface area (Å²) >= 11 is 0. The lowest BCUT2D eigenvalue weighted by Gasteiger charge is -2.26. The maximum Gasteiger partial charge on any atom is 0.123 e. The second-order valence-electron chi connectivity index (χ2n) is 26.0. The number of phenolic OH excluding ortho intramolecular Hbond substituents is 8. The smallest absolute Gasteiger partial charge is 0.123 e. The number of phenols is 8. The topological polar surface area (TPSA) is 298 Å². The number of hydrogen-bond donors (Lipinski definition) is 8. The van der Waals surface area contributed by atoms with Crippen molar-refractivity contribution < 1.29 is 59.8 Å². The molecule has 544 valence electrons. The Labute approximate surface area is 624 Å². The summed E-state index contributed by atoms with van der Waals surface area (Å²) in [4.78, 5) is 0. The highest BCUT2D eigenvalue weighted by Gasteiger charge is 2.30. The van der Waals surface area contributed by atoms with Gasteiger partial charge in [0.05, 0.1) is 71.9 Å². The molecule has 20 heteroatoms. The minimum absolute atomic E-state index is 0.135. The summed E-state index contributed by atoms with van der Waals surface area (Å²) in [5, 5.41) is 134. The van der Waals surface area contributed by atoms with Crippen LogP contribution < -0.4 is 18.9 Å². The van der Waals surface area contributed by atoms with Crippen LogP contribution in [0.1, 0.15) is 92.4 Å². The molecule has 0 saturated carbocycles. The van der Waals surface area contributed by atoms with Crippen molar-refractivity contribution in [3.05, 3.63) is 309 Å². The number of fused-ring (bicyclic) bond motifs is 8. The second kappa shape index (κ2) is 35.4. The molecule has 13 rings (SSSR count). The Balaban J connectivity index is 0.867. The van der Waals surface area contributed by atoms with Crippen LogP contribution in [0.3, 0.4) is 0 Å². The number of ether oxygens (including phenoxy) is 4. The number of nitrogens with zero attached hydrogens (tertiary/aromatic N) is 8. The van der Waals surface area contributed by atoms with Crippen LogP contribution in [0.15, 0.2) is 284 Å². The monoisotopic (exact) mass is 1440 g/mol. The highest BCUT2D eigenvalue weighted by atomic mass is 16.5. The molecule has 1 aliphatic rings. The highest BCUT2D eigenvalue weighted by molar-refractivity contribution is 5.65. The van der Waals surface area contributed by atoms with E-state index in [0.717, 1.165) is 0 Å². The van der Waals surface area contributed by atoms with Gasteiger partial charge in [-0.15, -0.1) is 0 Å². The van der Waals surface area contributed by atoms with Gasteiger partial charge >= 0.3 is 0 Å². The van der Waals surface area contributed by atoms with Gasteiger partial charge in [0.2, 0.25) is 0 Å². The molecule has 0 saturated heterocycles. The van der Waals surface area contributed by atoms with E-state index in [1.807, 2.05) is 121 Å². The predicted octanol–water partition coefficient (Wildman–Crippen LogP) is 21.7. The number of hydrogen-bond acceptors (Lipinski definition) is 20. The van der Waals surface area contributed by atoms with E-state index in [9.17, 15) is 40.9 Å². The largest absolute Gasteiger partial charge is 0.508 e. The molecular weight excluding hydrogens is 1360 g/mol. The lowest BCUT2D eigenvalue weighted by Crippen LogP contribution is -2.13. The molecule has 1 aliphatic carbocycles. The Morgan fingerprint density at radius 2 is 0.361 bits per heavy atom. The van der Waals surface area contributed by atoms with Crippen molar-refractivity contribution in [3.63, 3.8) is 0 Å². The van der Waals surface area contributed by atoms with E-state index in [4.69, 9.17) is 18.9 Å². The number of rotatable bonds is 28. The normalized spacial score (nSPS) is 12.1. The second-order valence-corrected chi connectivity index (χ2v) is 26.0. The fourth-order valence-electron chi connectivity index (χ4n) is 13.3. The lowest BCUT2D eigenvalue weighted by atomic mass is 9.81. The molecule has 0 heterocycles. The molecule has 12 aromatic rings. The average Bonchev–Trinajstić information content (AvgIpc) is 0.758. The molecule has 8 N–H and O–H groups in total. The zero-order valence-corrected chi connectivity index (χ0v) is 59.2. The Hall–Kier alpha value is -13.4. The first-order chi connectivity index (χ1) is 52.8. The van der Waals surface area contributed by atoms with Gasteiger partial charge in [-0.1, -0.05) is 72.8 Å². The Bertz CT molecular complexity index is 4410. The van der Waals surface area contributed by atoms with Crippen molar-refractivity contribution in [3.8, 4) is 69.0 Å². The van der Waals surface area contributed by atoms with E-state index in [-0.39, 0.29) is 124 Å². The Morgan fingerprint density at radius 3 is 0.528 bits per heavy atom. The molecule has 0 aromatic heterocycles. The Kier molecular flexibility index (Phi) is 23.9. The van der Waals surface area contributed by atoms with Gasteiger partial charge < -0.3 is 59.8 Å². The summed E-state index contributed by atoms with van der Waals surface area (Å²) in [6.45, 7) is 0.707. The van der Waals surface area contributed by atoms with Gasteiger partial charge in [0, 0.05) is 94.5 Å². The molecule has 0 aliphatic heterocycles. The minimum atomic E-state index is -0.279. The molecule has 8 bridgehead atoms. The van der Waals surface area contributed by atoms with Crippen molar-refractivity contribution in [2.45, 2.75) is 77.0 Å². The molecule has 0 spiro atoms. The number of aromatic hydroxyl groups is 8. The van der Waals surface area contributed by atoms with Crippen LogP contribution in [0.25, 0.3) is 0 Å².